The number of hydrogen-bond acceptors (Lipinski definition) is 7. The van der Waals surface area contributed by atoms with Gasteiger partial charge in [0.05, 0.1) is 24.0 Å². The molecule has 46 heavy (non-hydrogen) atoms. The van der Waals surface area contributed by atoms with Gasteiger partial charge in [-0.25, -0.2) is 9.59 Å². The van der Waals surface area contributed by atoms with E-state index >= 15 is 0 Å². The summed E-state index contributed by atoms with van der Waals surface area (Å²) in [5.74, 6) is -1.08. The molecule has 3 aromatic carbocycles. The van der Waals surface area contributed by atoms with Crippen molar-refractivity contribution >= 4 is 46.1 Å². The average molecular weight is 632 g/mol. The zero-order valence-electron chi connectivity index (χ0n) is 27.3. The first kappa shape index (κ1) is 34.3. The normalized spacial score (nSPS) is 14.0. The third-order valence-corrected chi connectivity index (χ3v) is 8.30. The van der Waals surface area contributed by atoms with E-state index in [4.69, 9.17) is 9.47 Å². The number of cyclic esters (lactones) is 1. The first-order chi connectivity index (χ1) is 22.1. The van der Waals surface area contributed by atoms with E-state index in [0.717, 1.165) is 19.3 Å². The SMILES string of the molecule is CCCCCCCCCCCCN(C(=O)N1C(=O)OC(C)(C)C1=O)c1cccc2c(O)c(C(=O)Nc3ccccc3OC)ccc12. The third kappa shape index (κ3) is 7.78. The van der Waals surface area contributed by atoms with Gasteiger partial charge in [0.15, 0.2) is 5.60 Å². The summed E-state index contributed by atoms with van der Waals surface area (Å²) >= 11 is 0. The molecule has 1 heterocycles. The van der Waals surface area contributed by atoms with Crippen molar-refractivity contribution in [2.75, 3.05) is 23.9 Å². The fourth-order valence-corrected chi connectivity index (χ4v) is 5.70. The van der Waals surface area contributed by atoms with Crippen LogP contribution in [0.1, 0.15) is 95.3 Å². The lowest BCUT2D eigenvalue weighted by molar-refractivity contribution is -0.132. The van der Waals surface area contributed by atoms with Gasteiger partial charge in [-0.1, -0.05) is 95.0 Å². The predicted molar refractivity (Wildman–Crippen MR) is 179 cm³/mol. The average Bonchev–Trinajstić information content (AvgIpc) is 3.25. The second-order valence-electron chi connectivity index (χ2n) is 12.1. The van der Waals surface area contributed by atoms with Gasteiger partial charge in [-0.3, -0.25) is 14.5 Å². The molecule has 246 valence electrons. The van der Waals surface area contributed by atoms with E-state index in [9.17, 15) is 24.3 Å². The Morgan fingerprint density at radius 3 is 2.15 bits per heavy atom. The number of phenolic OH excluding ortho intramolecular Hbond substituents is 1. The molecule has 2 N–H and O–H groups in total. The molecule has 10 nitrogen and oxygen atoms in total. The number of imide groups is 3. The number of methoxy groups -OCH3 is 1. The summed E-state index contributed by atoms with van der Waals surface area (Å²) in [5.41, 5.74) is -0.587. The van der Waals surface area contributed by atoms with Crippen LogP contribution in [0.15, 0.2) is 54.6 Å². The molecule has 1 saturated heterocycles. The highest BCUT2D eigenvalue weighted by Crippen LogP contribution is 2.37. The third-order valence-electron chi connectivity index (χ3n) is 8.30. The molecule has 0 atom stereocenters. The number of ether oxygens (including phenoxy) is 2. The molecule has 1 fully saturated rings. The highest BCUT2D eigenvalue weighted by molar-refractivity contribution is 6.20. The lowest BCUT2D eigenvalue weighted by Gasteiger charge is -2.27. The molecule has 5 amide bonds. The summed E-state index contributed by atoms with van der Waals surface area (Å²) in [4.78, 5) is 54.8. The summed E-state index contributed by atoms with van der Waals surface area (Å²) in [7, 11) is 1.50. The number of anilines is 2. The molecule has 3 aromatic rings. The van der Waals surface area contributed by atoms with Crippen molar-refractivity contribution in [3.63, 3.8) is 0 Å². The van der Waals surface area contributed by atoms with Crippen molar-refractivity contribution < 1.29 is 33.8 Å². The lowest BCUT2D eigenvalue weighted by atomic mass is 10.0. The number of hydrogen-bond donors (Lipinski definition) is 2. The topological polar surface area (TPSA) is 125 Å². The van der Waals surface area contributed by atoms with E-state index in [0.29, 0.717) is 39.2 Å². The van der Waals surface area contributed by atoms with Gasteiger partial charge in [-0.15, -0.1) is 0 Å². The Morgan fingerprint density at radius 1 is 0.870 bits per heavy atom. The Morgan fingerprint density at radius 2 is 1.52 bits per heavy atom. The van der Waals surface area contributed by atoms with E-state index < -0.39 is 29.5 Å². The molecule has 0 unspecified atom stereocenters. The van der Waals surface area contributed by atoms with Gasteiger partial charge in [-0.05, 0) is 44.5 Å². The maximum atomic E-state index is 13.9. The van der Waals surface area contributed by atoms with Crippen LogP contribution in [0.3, 0.4) is 0 Å². The van der Waals surface area contributed by atoms with E-state index in [1.807, 2.05) is 0 Å². The van der Waals surface area contributed by atoms with Gasteiger partial charge in [0.2, 0.25) is 0 Å². The second-order valence-corrected chi connectivity index (χ2v) is 12.1. The van der Waals surface area contributed by atoms with Crippen LogP contribution in [-0.2, 0) is 9.53 Å². The quantitative estimate of drug-likeness (QED) is 0.161. The van der Waals surface area contributed by atoms with Crippen LogP contribution < -0.4 is 15.0 Å². The van der Waals surface area contributed by atoms with Crippen molar-refractivity contribution in [3.8, 4) is 11.5 Å². The number of amides is 5. The number of rotatable bonds is 15. The van der Waals surface area contributed by atoms with Crippen LogP contribution in [0, 0.1) is 0 Å². The number of para-hydroxylation sites is 2. The molecule has 0 aliphatic carbocycles. The highest BCUT2D eigenvalue weighted by atomic mass is 16.6. The summed E-state index contributed by atoms with van der Waals surface area (Å²) in [5, 5.41) is 14.8. The minimum absolute atomic E-state index is 0.0307. The summed E-state index contributed by atoms with van der Waals surface area (Å²) < 4.78 is 10.5. The fourth-order valence-electron chi connectivity index (χ4n) is 5.70. The van der Waals surface area contributed by atoms with Crippen LogP contribution in [0.4, 0.5) is 21.0 Å². The number of phenols is 1. The van der Waals surface area contributed by atoms with E-state index in [2.05, 4.69) is 12.2 Å². The highest BCUT2D eigenvalue weighted by Gasteiger charge is 2.51. The maximum absolute atomic E-state index is 13.9. The number of aromatic hydroxyl groups is 1. The molecular formula is C36H45N3O7. The number of urea groups is 1. The molecule has 1 aliphatic rings. The molecule has 4 rings (SSSR count). The van der Waals surface area contributed by atoms with Gasteiger partial charge in [0.25, 0.3) is 11.8 Å². The molecule has 0 bridgehead atoms. The zero-order chi connectivity index (χ0) is 33.3. The van der Waals surface area contributed by atoms with E-state index in [-0.39, 0.29) is 17.9 Å². The first-order valence-electron chi connectivity index (χ1n) is 16.2. The molecule has 0 spiro atoms. The van der Waals surface area contributed by atoms with Crippen LogP contribution in [0.2, 0.25) is 0 Å². The molecule has 0 saturated carbocycles. The molecule has 0 aromatic heterocycles. The van der Waals surface area contributed by atoms with Crippen LogP contribution >= 0.6 is 0 Å². The van der Waals surface area contributed by atoms with Crippen molar-refractivity contribution in [2.24, 2.45) is 0 Å². The standard InChI is InChI=1S/C36H45N3O7/c1-5-6-7-8-9-10-11-12-13-16-24-38(34(43)39-33(42)36(2,3)46-35(39)44)29-20-17-18-26-25(29)22-23-27(31(26)40)32(41)37-28-19-14-15-21-30(28)45-4/h14-15,17-23,40H,5-13,16,24H2,1-4H3,(H,37,41). The number of nitrogens with one attached hydrogen (secondary N) is 1. The largest absolute Gasteiger partial charge is 0.506 e. The number of benzene rings is 3. The lowest BCUT2D eigenvalue weighted by Crippen LogP contribution is -2.48. The maximum Gasteiger partial charge on any atom is 0.426 e. The van der Waals surface area contributed by atoms with E-state index in [1.165, 1.54) is 70.4 Å². The van der Waals surface area contributed by atoms with Gasteiger partial charge in [0.1, 0.15) is 11.5 Å². The van der Waals surface area contributed by atoms with Gasteiger partial charge in [0, 0.05) is 17.3 Å². The number of nitrogens with zero attached hydrogens (tertiary/aromatic N) is 2. The molecule has 0 radical (unpaired) electrons. The summed E-state index contributed by atoms with van der Waals surface area (Å²) in [6.45, 7) is 5.34. The minimum atomic E-state index is -1.46. The smallest absolute Gasteiger partial charge is 0.426 e. The molecule has 1 aliphatic heterocycles. The van der Waals surface area contributed by atoms with Crippen LogP contribution in [0.25, 0.3) is 10.8 Å². The Bertz CT molecular complexity index is 1570. The number of unbranched alkanes of at least 4 members (excludes halogenated alkanes) is 9. The molecular weight excluding hydrogens is 586 g/mol. The Labute approximate surface area is 270 Å². The summed E-state index contributed by atoms with van der Waals surface area (Å²) in [6, 6.07) is 14.3. The number of fused-ring (bicyclic) bond motifs is 1. The van der Waals surface area contributed by atoms with Crippen molar-refractivity contribution in [1.82, 2.24) is 4.90 Å². The Hall–Kier alpha value is -4.60. The van der Waals surface area contributed by atoms with Crippen LogP contribution in [-0.4, -0.2) is 53.2 Å². The Kier molecular flexibility index (Phi) is 11.6. The zero-order valence-corrected chi connectivity index (χ0v) is 27.3. The van der Waals surface area contributed by atoms with Gasteiger partial charge in [-0.2, -0.15) is 4.90 Å². The number of carbonyl (C=O) groups is 4. The monoisotopic (exact) mass is 631 g/mol. The van der Waals surface area contributed by atoms with Gasteiger partial charge >= 0.3 is 12.1 Å². The number of carbonyl (C=O) groups excluding carboxylic acids is 4. The van der Waals surface area contributed by atoms with Crippen molar-refractivity contribution in [2.45, 2.75) is 90.6 Å². The summed E-state index contributed by atoms with van der Waals surface area (Å²) in [6.07, 6.45) is 10.0. The first-order valence-corrected chi connectivity index (χ1v) is 16.2. The predicted octanol–water partition coefficient (Wildman–Crippen LogP) is 8.41. The van der Waals surface area contributed by atoms with Crippen molar-refractivity contribution in [3.05, 3.63) is 60.2 Å². The van der Waals surface area contributed by atoms with Gasteiger partial charge < -0.3 is 19.9 Å². The fraction of sp³-hybridized carbons (Fsp3) is 0.444. The van der Waals surface area contributed by atoms with Crippen molar-refractivity contribution in [1.29, 1.82) is 0 Å². The van der Waals surface area contributed by atoms with Crippen LogP contribution in [0.5, 0.6) is 11.5 Å². The Balaban J connectivity index is 1.58. The molecule has 10 heteroatoms. The second kappa shape index (κ2) is 15.6. The van der Waals surface area contributed by atoms with E-state index in [1.54, 1.807) is 48.5 Å². The minimum Gasteiger partial charge on any atom is -0.506 e.